The fraction of sp³-hybridized carbons (Fsp3) is 0.833. The summed E-state index contributed by atoms with van der Waals surface area (Å²) in [5.41, 5.74) is 0. The highest BCUT2D eigenvalue weighted by Crippen LogP contribution is 1.93. The summed E-state index contributed by atoms with van der Waals surface area (Å²) in [6.45, 7) is -0.398. The van der Waals surface area contributed by atoms with Gasteiger partial charge >= 0.3 is 0 Å². The van der Waals surface area contributed by atoms with Crippen molar-refractivity contribution in [3.05, 3.63) is 0 Å². The molecule has 0 amide bonds. The van der Waals surface area contributed by atoms with Crippen LogP contribution in [0, 0.1) is 0 Å². The molecule has 1 atom stereocenters. The zero-order valence-corrected chi connectivity index (χ0v) is 5.56. The fourth-order valence-electron chi connectivity index (χ4n) is 0.568. The summed E-state index contributed by atoms with van der Waals surface area (Å²) in [6.07, 6.45) is 1.84. The van der Waals surface area contributed by atoms with E-state index in [0.29, 0.717) is 12.8 Å². The average molecular weight is 133 g/mol. The van der Waals surface area contributed by atoms with Crippen LogP contribution in [0.5, 0.6) is 0 Å². The van der Waals surface area contributed by atoms with Gasteiger partial charge in [0.2, 0.25) is 0 Å². The van der Waals surface area contributed by atoms with Crippen LogP contribution in [0.1, 0.15) is 12.8 Å². The van der Waals surface area contributed by atoms with Crippen molar-refractivity contribution < 1.29 is 9.18 Å². The molecule has 0 rings (SSSR count). The second-order valence-electron chi connectivity index (χ2n) is 1.88. The molecule has 3 heteroatoms. The maximum atomic E-state index is 11.8. The summed E-state index contributed by atoms with van der Waals surface area (Å²) in [6, 6.07) is -0.143. The molecular weight excluding hydrogens is 121 g/mol. The van der Waals surface area contributed by atoms with E-state index in [1.807, 2.05) is 0 Å². The summed E-state index contributed by atoms with van der Waals surface area (Å²) in [5, 5.41) is 2.75. The summed E-state index contributed by atoms with van der Waals surface area (Å²) < 4.78 is 11.8. The molecule has 0 bridgehead atoms. The first-order valence-electron chi connectivity index (χ1n) is 3.02. The molecule has 54 valence electrons. The Hall–Kier alpha value is -0.440. The number of carbonyl (C=O) groups excluding carboxylic acids is 1. The lowest BCUT2D eigenvalue weighted by atomic mass is 10.2. The molecule has 0 aliphatic carbocycles. The Morgan fingerprint density at radius 1 is 1.78 bits per heavy atom. The van der Waals surface area contributed by atoms with E-state index in [9.17, 15) is 9.18 Å². The van der Waals surface area contributed by atoms with E-state index >= 15 is 0 Å². The van der Waals surface area contributed by atoms with Gasteiger partial charge in [0.15, 0.2) is 0 Å². The number of halogens is 1. The highest BCUT2D eigenvalue weighted by Gasteiger charge is 2.02. The molecule has 9 heavy (non-hydrogen) atoms. The van der Waals surface area contributed by atoms with Crippen molar-refractivity contribution in [1.29, 1.82) is 0 Å². The van der Waals surface area contributed by atoms with Crippen molar-refractivity contribution >= 4 is 6.29 Å². The minimum Gasteiger partial charge on any atom is -0.314 e. The van der Waals surface area contributed by atoms with Gasteiger partial charge in [-0.2, -0.15) is 0 Å². The van der Waals surface area contributed by atoms with Crippen molar-refractivity contribution in [3.8, 4) is 0 Å². The Bertz CT molecular complexity index is 73.5. The minimum absolute atomic E-state index is 0.143. The molecule has 0 saturated heterocycles. The number of hydrogen-bond acceptors (Lipinski definition) is 2. The Morgan fingerprint density at radius 3 is 2.78 bits per heavy atom. The van der Waals surface area contributed by atoms with Gasteiger partial charge in [-0.05, 0) is 13.5 Å². The van der Waals surface area contributed by atoms with Crippen molar-refractivity contribution in [3.63, 3.8) is 0 Å². The lowest BCUT2D eigenvalue weighted by molar-refractivity contribution is -0.108. The van der Waals surface area contributed by atoms with Crippen LogP contribution in [0.4, 0.5) is 4.39 Å². The zero-order valence-electron chi connectivity index (χ0n) is 5.56. The van der Waals surface area contributed by atoms with Crippen LogP contribution in [0.2, 0.25) is 0 Å². The predicted octanol–water partition coefficient (Wildman–Crippen LogP) is 0.523. The fourth-order valence-corrected chi connectivity index (χ4v) is 0.568. The number of rotatable bonds is 5. The average Bonchev–Trinajstić information content (AvgIpc) is 1.91. The van der Waals surface area contributed by atoms with E-state index in [0.717, 1.165) is 6.29 Å². The van der Waals surface area contributed by atoms with Crippen molar-refractivity contribution in [2.45, 2.75) is 18.9 Å². The van der Waals surface area contributed by atoms with Crippen LogP contribution < -0.4 is 5.32 Å². The van der Waals surface area contributed by atoms with Gasteiger partial charge in [-0.25, -0.2) is 4.39 Å². The molecule has 1 unspecified atom stereocenters. The van der Waals surface area contributed by atoms with E-state index in [1.165, 1.54) is 0 Å². The standard InChI is InChI=1S/C6H12FNO/c1-8-6(5-7)3-2-4-9/h4,6,8H,2-3,5H2,1H3. The first kappa shape index (κ1) is 8.56. The minimum atomic E-state index is -0.398. The number of alkyl halides is 1. The molecule has 0 fully saturated rings. The molecule has 2 nitrogen and oxygen atoms in total. The third-order valence-electron chi connectivity index (χ3n) is 1.23. The molecule has 0 heterocycles. The number of carbonyl (C=O) groups is 1. The summed E-state index contributed by atoms with van der Waals surface area (Å²) >= 11 is 0. The largest absolute Gasteiger partial charge is 0.314 e. The van der Waals surface area contributed by atoms with Crippen LogP contribution in [-0.4, -0.2) is 26.1 Å². The highest BCUT2D eigenvalue weighted by atomic mass is 19.1. The molecule has 0 aromatic heterocycles. The molecule has 0 radical (unpaired) electrons. The molecule has 0 aromatic rings. The summed E-state index contributed by atoms with van der Waals surface area (Å²) in [7, 11) is 1.69. The van der Waals surface area contributed by atoms with Gasteiger partial charge in [0, 0.05) is 12.5 Å². The van der Waals surface area contributed by atoms with E-state index in [4.69, 9.17) is 0 Å². The third kappa shape index (κ3) is 4.09. The van der Waals surface area contributed by atoms with Gasteiger partial charge in [-0.15, -0.1) is 0 Å². The summed E-state index contributed by atoms with van der Waals surface area (Å²) in [5.74, 6) is 0. The topological polar surface area (TPSA) is 29.1 Å². The van der Waals surface area contributed by atoms with Gasteiger partial charge in [-0.1, -0.05) is 0 Å². The van der Waals surface area contributed by atoms with Crippen LogP contribution in [0.3, 0.4) is 0 Å². The van der Waals surface area contributed by atoms with Crippen molar-refractivity contribution in [2.75, 3.05) is 13.7 Å². The maximum absolute atomic E-state index is 11.8. The van der Waals surface area contributed by atoms with E-state index < -0.39 is 6.67 Å². The molecule has 0 saturated carbocycles. The smallest absolute Gasteiger partial charge is 0.120 e. The Kier molecular flexibility index (Phi) is 5.41. The molecule has 0 aliphatic heterocycles. The quantitative estimate of drug-likeness (QED) is 0.554. The van der Waals surface area contributed by atoms with Gasteiger partial charge in [0.05, 0.1) is 0 Å². The Morgan fingerprint density at radius 2 is 2.44 bits per heavy atom. The predicted molar refractivity (Wildman–Crippen MR) is 34.1 cm³/mol. The van der Waals surface area contributed by atoms with Crippen LogP contribution in [-0.2, 0) is 4.79 Å². The first-order chi connectivity index (χ1) is 4.35. The van der Waals surface area contributed by atoms with Crippen LogP contribution >= 0.6 is 0 Å². The van der Waals surface area contributed by atoms with Crippen LogP contribution in [0.25, 0.3) is 0 Å². The van der Waals surface area contributed by atoms with Crippen molar-refractivity contribution in [1.82, 2.24) is 5.32 Å². The zero-order chi connectivity index (χ0) is 7.11. The van der Waals surface area contributed by atoms with E-state index in [-0.39, 0.29) is 6.04 Å². The van der Waals surface area contributed by atoms with Crippen molar-refractivity contribution in [2.24, 2.45) is 0 Å². The third-order valence-corrected chi connectivity index (χ3v) is 1.23. The monoisotopic (exact) mass is 133 g/mol. The van der Waals surface area contributed by atoms with Gasteiger partial charge in [0.1, 0.15) is 13.0 Å². The Balaban J connectivity index is 3.19. The van der Waals surface area contributed by atoms with Gasteiger partial charge in [-0.3, -0.25) is 0 Å². The molecular formula is C6H12FNO. The van der Waals surface area contributed by atoms with Crippen LogP contribution in [0.15, 0.2) is 0 Å². The van der Waals surface area contributed by atoms with E-state index in [1.54, 1.807) is 7.05 Å². The second kappa shape index (κ2) is 5.69. The normalized spacial score (nSPS) is 13.1. The lowest BCUT2D eigenvalue weighted by Gasteiger charge is -2.07. The lowest BCUT2D eigenvalue weighted by Crippen LogP contribution is -2.26. The highest BCUT2D eigenvalue weighted by molar-refractivity contribution is 5.49. The molecule has 1 N–H and O–H groups in total. The van der Waals surface area contributed by atoms with Gasteiger partial charge < -0.3 is 10.1 Å². The number of nitrogens with one attached hydrogen (secondary N) is 1. The summed E-state index contributed by atoms with van der Waals surface area (Å²) in [4.78, 5) is 9.79. The molecule has 0 aromatic carbocycles. The Labute approximate surface area is 54.4 Å². The second-order valence-corrected chi connectivity index (χ2v) is 1.88. The number of aldehydes is 1. The first-order valence-corrected chi connectivity index (χ1v) is 3.02. The maximum Gasteiger partial charge on any atom is 0.120 e. The number of hydrogen-bond donors (Lipinski definition) is 1. The molecule has 0 aliphatic rings. The molecule has 0 spiro atoms. The SMILES string of the molecule is CNC(CF)CCC=O. The van der Waals surface area contributed by atoms with Gasteiger partial charge in [0.25, 0.3) is 0 Å². The van der Waals surface area contributed by atoms with E-state index in [2.05, 4.69) is 5.32 Å².